The lowest BCUT2D eigenvalue weighted by molar-refractivity contribution is -0.132. The molecule has 2 aliphatic heterocycles. The first-order chi connectivity index (χ1) is 19.2. The van der Waals surface area contributed by atoms with Gasteiger partial charge in [0.1, 0.15) is 30.0 Å². The lowest BCUT2D eigenvalue weighted by Crippen LogP contribution is -2.29. The SMILES string of the molecule is C=CCOc1ccc([C@H]2/C(=C(\O)c3ccc4c(c3)C[C@H](C)O4)C(=O)C(=O)N2c2nc3c(C)cc(C)cc3s2)cc1. The van der Waals surface area contributed by atoms with Crippen molar-refractivity contribution in [3.63, 3.8) is 0 Å². The molecule has 0 aliphatic carbocycles. The van der Waals surface area contributed by atoms with Gasteiger partial charge in [0, 0.05) is 12.0 Å². The predicted molar refractivity (Wildman–Crippen MR) is 156 cm³/mol. The molecule has 2 atom stereocenters. The van der Waals surface area contributed by atoms with Crippen molar-refractivity contribution in [1.29, 1.82) is 0 Å². The number of aliphatic hydroxyl groups excluding tert-OH is 1. The van der Waals surface area contributed by atoms with Crippen LogP contribution in [0.15, 0.2) is 72.8 Å². The van der Waals surface area contributed by atoms with Gasteiger partial charge in [-0.1, -0.05) is 42.2 Å². The normalized spacial score (nSPS) is 19.6. The number of carbonyl (C=O) groups excluding carboxylic acids is 2. The average molecular weight is 553 g/mol. The van der Waals surface area contributed by atoms with Gasteiger partial charge in [0.25, 0.3) is 5.78 Å². The number of thiazole rings is 1. The summed E-state index contributed by atoms with van der Waals surface area (Å²) in [7, 11) is 0. The summed E-state index contributed by atoms with van der Waals surface area (Å²) in [6, 6.07) is 15.7. The molecular weight excluding hydrogens is 524 g/mol. The van der Waals surface area contributed by atoms with Gasteiger partial charge in [0.2, 0.25) is 0 Å². The van der Waals surface area contributed by atoms with Crippen molar-refractivity contribution in [3.8, 4) is 11.5 Å². The molecule has 0 spiro atoms. The minimum absolute atomic E-state index is 0.0174. The number of nitrogens with zero attached hydrogens (tertiary/aromatic N) is 2. The Hall–Kier alpha value is -4.43. The molecule has 8 heteroatoms. The number of rotatable bonds is 6. The van der Waals surface area contributed by atoms with E-state index in [4.69, 9.17) is 14.5 Å². The van der Waals surface area contributed by atoms with Crippen LogP contribution in [0.3, 0.4) is 0 Å². The molecule has 202 valence electrons. The number of anilines is 1. The molecule has 1 amide bonds. The number of benzene rings is 3. The first-order valence-corrected chi connectivity index (χ1v) is 13.9. The van der Waals surface area contributed by atoms with Crippen LogP contribution < -0.4 is 14.4 Å². The number of aliphatic hydroxyl groups is 1. The predicted octanol–water partition coefficient (Wildman–Crippen LogP) is 6.43. The standard InChI is InChI=1S/C32H28N2O5S/c1-5-12-38-23-9-6-20(7-10-23)28-26(29(35)21-8-11-24-22(16-21)15-19(4)39-24)30(36)31(37)34(28)32-33-27-18(3)13-17(2)14-25(27)40-32/h5-11,13-14,16,19,28,35H,1,12,15H2,2-4H3/b29-26+/t19-,28-/m0/s1. The monoisotopic (exact) mass is 552 g/mol. The van der Waals surface area contributed by atoms with Crippen LogP contribution in [0.25, 0.3) is 16.0 Å². The number of Topliss-reactive ketones (excluding diaryl/α,β-unsaturated/α-hetero) is 1. The molecule has 40 heavy (non-hydrogen) atoms. The molecular formula is C32H28N2O5S. The van der Waals surface area contributed by atoms with Gasteiger partial charge in [-0.2, -0.15) is 0 Å². The molecule has 1 aromatic heterocycles. The molecule has 7 nitrogen and oxygen atoms in total. The number of fused-ring (bicyclic) bond motifs is 2. The molecule has 0 unspecified atom stereocenters. The second-order valence-electron chi connectivity index (χ2n) is 10.2. The van der Waals surface area contributed by atoms with Crippen molar-refractivity contribution in [3.05, 3.63) is 101 Å². The van der Waals surface area contributed by atoms with Crippen LogP contribution >= 0.6 is 11.3 Å². The Balaban J connectivity index is 1.51. The largest absolute Gasteiger partial charge is 0.507 e. The fourth-order valence-corrected chi connectivity index (χ4v) is 6.60. The highest BCUT2D eigenvalue weighted by atomic mass is 32.1. The number of amides is 1. The number of aryl methyl sites for hydroxylation is 2. The first kappa shape index (κ1) is 25.8. The maximum absolute atomic E-state index is 13.6. The zero-order valence-corrected chi connectivity index (χ0v) is 23.2. The minimum atomic E-state index is -0.876. The number of hydrogen-bond acceptors (Lipinski definition) is 7. The zero-order valence-electron chi connectivity index (χ0n) is 22.4. The molecule has 6 rings (SSSR count). The third-order valence-corrected chi connectivity index (χ3v) is 8.20. The zero-order chi connectivity index (χ0) is 28.1. The molecule has 3 aromatic carbocycles. The highest BCUT2D eigenvalue weighted by Crippen LogP contribution is 2.45. The van der Waals surface area contributed by atoms with Crippen LogP contribution in [-0.4, -0.2) is 34.5 Å². The Morgan fingerprint density at radius 1 is 1.18 bits per heavy atom. The molecule has 0 bridgehead atoms. The van der Waals surface area contributed by atoms with Gasteiger partial charge in [0.15, 0.2) is 5.13 Å². The van der Waals surface area contributed by atoms with E-state index in [1.54, 1.807) is 42.5 Å². The summed E-state index contributed by atoms with van der Waals surface area (Å²) < 4.78 is 12.4. The summed E-state index contributed by atoms with van der Waals surface area (Å²) >= 11 is 1.35. The summed E-state index contributed by atoms with van der Waals surface area (Å²) in [6.45, 7) is 9.99. The molecule has 3 heterocycles. The topological polar surface area (TPSA) is 89.0 Å². The van der Waals surface area contributed by atoms with Crippen molar-refractivity contribution < 1.29 is 24.2 Å². The van der Waals surface area contributed by atoms with Gasteiger partial charge in [-0.15, -0.1) is 0 Å². The Bertz CT molecular complexity index is 1720. The van der Waals surface area contributed by atoms with E-state index in [1.807, 2.05) is 39.0 Å². The summed E-state index contributed by atoms with van der Waals surface area (Å²) in [5.74, 6) is -0.333. The highest BCUT2D eigenvalue weighted by Gasteiger charge is 2.48. The van der Waals surface area contributed by atoms with Crippen molar-refractivity contribution in [2.75, 3.05) is 11.5 Å². The van der Waals surface area contributed by atoms with E-state index in [0.29, 0.717) is 35.0 Å². The molecule has 0 radical (unpaired) electrons. The van der Waals surface area contributed by atoms with Gasteiger partial charge in [-0.05, 0) is 79.4 Å². The number of ether oxygens (including phenoxy) is 2. The van der Waals surface area contributed by atoms with E-state index in [1.165, 1.54) is 16.2 Å². The van der Waals surface area contributed by atoms with Gasteiger partial charge in [-0.25, -0.2) is 4.98 Å². The number of aromatic nitrogens is 1. The third-order valence-electron chi connectivity index (χ3n) is 7.20. The number of carbonyl (C=O) groups is 2. The molecule has 0 saturated carbocycles. The van der Waals surface area contributed by atoms with Crippen molar-refractivity contribution in [2.24, 2.45) is 0 Å². The molecule has 2 aliphatic rings. The van der Waals surface area contributed by atoms with Gasteiger partial charge < -0.3 is 14.6 Å². The van der Waals surface area contributed by atoms with Crippen LogP contribution in [0.1, 0.15) is 40.8 Å². The Morgan fingerprint density at radius 2 is 1.95 bits per heavy atom. The van der Waals surface area contributed by atoms with E-state index >= 15 is 0 Å². The van der Waals surface area contributed by atoms with Gasteiger partial charge in [0.05, 0.1) is 21.8 Å². The quantitative estimate of drug-likeness (QED) is 0.128. The number of hydrogen-bond donors (Lipinski definition) is 1. The van der Waals surface area contributed by atoms with E-state index < -0.39 is 17.7 Å². The van der Waals surface area contributed by atoms with Crippen LogP contribution in [0, 0.1) is 13.8 Å². The lowest BCUT2D eigenvalue weighted by atomic mass is 9.94. The summed E-state index contributed by atoms with van der Waals surface area (Å²) in [4.78, 5) is 33.5. The first-order valence-electron chi connectivity index (χ1n) is 13.1. The van der Waals surface area contributed by atoms with Gasteiger partial charge in [-0.3, -0.25) is 14.5 Å². The Morgan fingerprint density at radius 3 is 2.70 bits per heavy atom. The molecule has 1 fully saturated rings. The highest BCUT2D eigenvalue weighted by molar-refractivity contribution is 7.22. The van der Waals surface area contributed by atoms with Crippen molar-refractivity contribution in [1.82, 2.24) is 4.98 Å². The lowest BCUT2D eigenvalue weighted by Gasteiger charge is -2.23. The van der Waals surface area contributed by atoms with E-state index in [-0.39, 0.29) is 17.4 Å². The maximum Gasteiger partial charge on any atom is 0.301 e. The van der Waals surface area contributed by atoms with E-state index in [2.05, 4.69) is 6.58 Å². The summed E-state index contributed by atoms with van der Waals surface area (Å²) in [6.07, 6.45) is 2.39. The smallest absolute Gasteiger partial charge is 0.301 e. The molecule has 1 saturated heterocycles. The average Bonchev–Trinajstić information content (AvgIpc) is 3.60. The molecule has 4 aromatic rings. The van der Waals surface area contributed by atoms with E-state index in [9.17, 15) is 14.7 Å². The third kappa shape index (κ3) is 4.34. The second kappa shape index (κ2) is 9.95. The minimum Gasteiger partial charge on any atom is -0.507 e. The summed E-state index contributed by atoms with van der Waals surface area (Å²) in [5.41, 5.74) is 4.94. The fraction of sp³-hybridized carbons (Fsp3) is 0.219. The van der Waals surface area contributed by atoms with Crippen LogP contribution in [0.4, 0.5) is 5.13 Å². The van der Waals surface area contributed by atoms with Crippen LogP contribution in [0.5, 0.6) is 11.5 Å². The van der Waals surface area contributed by atoms with Gasteiger partial charge >= 0.3 is 5.91 Å². The molecule has 1 N–H and O–H groups in total. The number of ketones is 1. The Kier molecular flexibility index (Phi) is 6.43. The van der Waals surface area contributed by atoms with Crippen LogP contribution in [0.2, 0.25) is 0 Å². The van der Waals surface area contributed by atoms with Crippen molar-refractivity contribution in [2.45, 2.75) is 39.3 Å². The van der Waals surface area contributed by atoms with E-state index in [0.717, 1.165) is 32.7 Å². The Labute approximate surface area is 236 Å². The van der Waals surface area contributed by atoms with Crippen molar-refractivity contribution >= 4 is 44.1 Å². The fourth-order valence-electron chi connectivity index (χ4n) is 5.43. The maximum atomic E-state index is 13.6. The summed E-state index contributed by atoms with van der Waals surface area (Å²) in [5, 5.41) is 12.0. The van der Waals surface area contributed by atoms with Crippen LogP contribution in [-0.2, 0) is 16.0 Å². The second-order valence-corrected chi connectivity index (χ2v) is 11.2.